The van der Waals surface area contributed by atoms with Gasteiger partial charge in [0.05, 0.1) is 56.0 Å². The molecule has 0 saturated carbocycles. The monoisotopic (exact) mass is 725 g/mol. The van der Waals surface area contributed by atoms with Crippen LogP contribution in [-0.4, -0.2) is 45.6 Å². The molecule has 13 heteroatoms. The number of imidazole rings is 2. The summed E-state index contributed by atoms with van der Waals surface area (Å²) in [6.45, 7) is 6.55. The van der Waals surface area contributed by atoms with Gasteiger partial charge < -0.3 is 26.3 Å². The standard InChI is InChI=1S/C20H19N5S.C19H20N6S/c1-13(2)8-9-25-12-24-17(14-6-4-3-5-7-14)18(25)16-10-15-19(21)22-11-23-20(15)26-16;20-8-4-5-9-25-12-24-16(13-6-2-1-3-7-13)17(25)15-10-14-18(21)22-11-23-19(14)26-15/h3-8,10-12H,9H2,1-2H3,(H2,21,22,23);1-3,6-7,10-12H,4-5,8-9,20H2,(H2,21,22,23). The van der Waals surface area contributed by atoms with E-state index in [1.54, 1.807) is 22.7 Å². The van der Waals surface area contributed by atoms with Gasteiger partial charge in [-0.05, 0) is 45.4 Å². The summed E-state index contributed by atoms with van der Waals surface area (Å²) >= 11 is 3.23. The van der Waals surface area contributed by atoms with E-state index in [1.807, 2.05) is 49.1 Å². The van der Waals surface area contributed by atoms with Crippen LogP contribution in [0.25, 0.3) is 64.1 Å². The molecule has 0 unspecified atom stereocenters. The second-order valence-corrected chi connectivity index (χ2v) is 14.5. The minimum atomic E-state index is 0.507. The molecule has 0 aliphatic heterocycles. The quantitative estimate of drug-likeness (QED) is 0.0929. The maximum atomic E-state index is 6.03. The van der Waals surface area contributed by atoms with E-state index in [0.717, 1.165) is 90.0 Å². The van der Waals surface area contributed by atoms with Gasteiger partial charge in [-0.2, -0.15) is 0 Å². The molecule has 0 saturated heterocycles. The van der Waals surface area contributed by atoms with Crippen molar-refractivity contribution in [2.75, 3.05) is 18.0 Å². The number of thiophene rings is 2. The lowest BCUT2D eigenvalue weighted by atomic mass is 10.1. The van der Waals surface area contributed by atoms with Crippen LogP contribution in [0, 0.1) is 0 Å². The molecule has 8 rings (SSSR count). The Labute approximate surface area is 309 Å². The molecule has 0 bridgehead atoms. The fourth-order valence-electron chi connectivity index (χ4n) is 5.89. The van der Waals surface area contributed by atoms with E-state index in [1.165, 1.54) is 18.2 Å². The molecule has 8 aromatic rings. The average Bonchev–Trinajstić information content (AvgIpc) is 3.97. The number of allylic oxidation sites excluding steroid dienone is 2. The minimum absolute atomic E-state index is 0.507. The second kappa shape index (κ2) is 15.6. The van der Waals surface area contributed by atoms with Crippen LogP contribution in [0.5, 0.6) is 0 Å². The molecule has 0 aliphatic rings. The molecule has 6 aromatic heterocycles. The van der Waals surface area contributed by atoms with Gasteiger partial charge in [0.15, 0.2) is 0 Å². The third-order valence-corrected chi connectivity index (χ3v) is 10.6. The van der Waals surface area contributed by atoms with Gasteiger partial charge in [-0.25, -0.2) is 29.9 Å². The minimum Gasteiger partial charge on any atom is -0.383 e. The molecule has 6 N–H and O–H groups in total. The Morgan fingerprint density at radius 3 is 1.63 bits per heavy atom. The van der Waals surface area contributed by atoms with Crippen molar-refractivity contribution in [2.45, 2.75) is 39.8 Å². The highest BCUT2D eigenvalue weighted by molar-refractivity contribution is 7.22. The van der Waals surface area contributed by atoms with Crippen molar-refractivity contribution >= 4 is 54.7 Å². The zero-order valence-corrected chi connectivity index (χ0v) is 30.6. The van der Waals surface area contributed by atoms with E-state index in [-0.39, 0.29) is 0 Å². The third kappa shape index (κ3) is 7.33. The van der Waals surface area contributed by atoms with Crippen LogP contribution in [0.3, 0.4) is 0 Å². The number of nitrogens with zero attached hydrogens (tertiary/aromatic N) is 8. The van der Waals surface area contributed by atoms with Crippen LogP contribution >= 0.6 is 22.7 Å². The number of nitrogens with two attached hydrogens (primary N) is 3. The number of fused-ring (bicyclic) bond motifs is 2. The topological polar surface area (TPSA) is 165 Å². The second-order valence-electron chi connectivity index (χ2n) is 12.4. The van der Waals surface area contributed by atoms with Gasteiger partial charge in [0.1, 0.15) is 34.0 Å². The smallest absolute Gasteiger partial charge is 0.135 e. The summed E-state index contributed by atoms with van der Waals surface area (Å²) in [7, 11) is 0. The fourth-order valence-corrected chi connectivity index (χ4v) is 8.03. The van der Waals surface area contributed by atoms with Crippen LogP contribution in [0.1, 0.15) is 26.7 Å². The molecule has 11 nitrogen and oxygen atoms in total. The lowest BCUT2D eigenvalue weighted by molar-refractivity contribution is 0.619. The number of aryl methyl sites for hydroxylation is 1. The summed E-state index contributed by atoms with van der Waals surface area (Å²) in [5.74, 6) is 1.02. The molecule has 52 heavy (non-hydrogen) atoms. The van der Waals surface area contributed by atoms with Gasteiger partial charge in [0.25, 0.3) is 0 Å². The first-order valence-corrected chi connectivity index (χ1v) is 18.6. The number of aromatic nitrogens is 8. The van der Waals surface area contributed by atoms with Crippen molar-refractivity contribution in [3.63, 3.8) is 0 Å². The Morgan fingerprint density at radius 2 is 1.15 bits per heavy atom. The first kappa shape index (κ1) is 34.7. The number of benzene rings is 2. The maximum absolute atomic E-state index is 6.03. The average molecular weight is 726 g/mol. The van der Waals surface area contributed by atoms with Gasteiger partial charge in [0, 0.05) is 24.2 Å². The van der Waals surface area contributed by atoms with Gasteiger partial charge in [0.2, 0.25) is 0 Å². The first-order valence-electron chi connectivity index (χ1n) is 17.0. The van der Waals surface area contributed by atoms with Gasteiger partial charge in [-0.3, -0.25) is 0 Å². The van der Waals surface area contributed by atoms with Crippen molar-refractivity contribution in [1.82, 2.24) is 39.0 Å². The summed E-state index contributed by atoms with van der Waals surface area (Å²) in [6.07, 6.45) is 11.0. The molecule has 0 fully saturated rings. The lowest BCUT2D eigenvalue weighted by Gasteiger charge is -2.08. The molecule has 0 radical (unpaired) electrons. The van der Waals surface area contributed by atoms with Crippen LogP contribution in [0.15, 0.2) is 110 Å². The lowest BCUT2D eigenvalue weighted by Crippen LogP contribution is -2.03. The number of hydrogen-bond acceptors (Lipinski definition) is 11. The number of anilines is 2. The van der Waals surface area contributed by atoms with Crippen LogP contribution in [0.4, 0.5) is 11.6 Å². The molecule has 0 aliphatic carbocycles. The molecular formula is C39H39N11S2. The molecule has 0 spiro atoms. The van der Waals surface area contributed by atoms with Crippen LogP contribution in [0.2, 0.25) is 0 Å². The largest absolute Gasteiger partial charge is 0.383 e. The highest BCUT2D eigenvalue weighted by atomic mass is 32.1. The Morgan fingerprint density at radius 1 is 0.654 bits per heavy atom. The van der Waals surface area contributed by atoms with E-state index in [2.05, 4.69) is 85.4 Å². The summed E-state index contributed by atoms with van der Waals surface area (Å²) < 4.78 is 4.37. The number of rotatable bonds is 10. The molecule has 2 aromatic carbocycles. The first-order chi connectivity index (χ1) is 25.4. The van der Waals surface area contributed by atoms with Crippen molar-refractivity contribution < 1.29 is 0 Å². The van der Waals surface area contributed by atoms with E-state index in [9.17, 15) is 0 Å². The Kier molecular flexibility index (Phi) is 10.4. The summed E-state index contributed by atoms with van der Waals surface area (Å²) in [5, 5.41) is 1.78. The summed E-state index contributed by atoms with van der Waals surface area (Å²) in [5.41, 5.74) is 25.3. The Bertz CT molecular complexity index is 2450. The van der Waals surface area contributed by atoms with Gasteiger partial charge in [-0.15, -0.1) is 22.7 Å². The number of hydrogen-bond donors (Lipinski definition) is 3. The van der Waals surface area contributed by atoms with E-state index in [0.29, 0.717) is 18.2 Å². The number of nitrogen functional groups attached to an aromatic ring is 2. The molecule has 262 valence electrons. The molecular weight excluding hydrogens is 687 g/mol. The van der Waals surface area contributed by atoms with Gasteiger partial charge in [-0.1, -0.05) is 72.3 Å². The predicted molar refractivity (Wildman–Crippen MR) is 215 cm³/mol. The van der Waals surface area contributed by atoms with Crippen molar-refractivity contribution in [1.29, 1.82) is 0 Å². The fraction of sp³-hybridized carbons (Fsp3) is 0.179. The Hall–Kier alpha value is -5.76. The third-order valence-electron chi connectivity index (χ3n) is 8.51. The SMILES string of the molecule is CC(C)=CCn1cnc(-c2ccccc2)c1-c1cc2c(N)ncnc2s1.NCCCCn1cnc(-c2ccccc2)c1-c1cc2c(N)ncnc2s1. The molecule has 6 heterocycles. The summed E-state index contributed by atoms with van der Waals surface area (Å²) in [6, 6.07) is 24.6. The van der Waals surface area contributed by atoms with E-state index in [4.69, 9.17) is 27.2 Å². The highest BCUT2D eigenvalue weighted by Crippen LogP contribution is 2.40. The van der Waals surface area contributed by atoms with Crippen molar-refractivity contribution in [3.8, 4) is 43.7 Å². The van der Waals surface area contributed by atoms with Crippen molar-refractivity contribution in [3.05, 3.63) is 110 Å². The normalized spacial score (nSPS) is 11.1. The number of unbranched alkanes of at least 4 members (excludes halogenated alkanes) is 1. The zero-order chi connectivity index (χ0) is 36.0. The zero-order valence-electron chi connectivity index (χ0n) is 29.0. The van der Waals surface area contributed by atoms with Gasteiger partial charge >= 0.3 is 0 Å². The van der Waals surface area contributed by atoms with Crippen LogP contribution < -0.4 is 17.2 Å². The highest BCUT2D eigenvalue weighted by Gasteiger charge is 2.20. The summed E-state index contributed by atoms with van der Waals surface area (Å²) in [4.78, 5) is 30.3. The predicted octanol–water partition coefficient (Wildman–Crippen LogP) is 8.31. The van der Waals surface area contributed by atoms with E-state index >= 15 is 0 Å². The maximum Gasteiger partial charge on any atom is 0.135 e. The van der Waals surface area contributed by atoms with Crippen molar-refractivity contribution in [2.24, 2.45) is 5.73 Å². The van der Waals surface area contributed by atoms with E-state index < -0.39 is 0 Å². The molecule has 0 atom stereocenters. The van der Waals surface area contributed by atoms with Crippen LogP contribution in [-0.2, 0) is 13.1 Å². The Balaban J connectivity index is 0.000000162. The molecule has 0 amide bonds.